The zero-order chi connectivity index (χ0) is 18.5. The fourth-order valence-corrected chi connectivity index (χ4v) is 4.29. The molecule has 148 valence electrons. The Balaban J connectivity index is 0.00000338. The number of nitrogens with one attached hydrogen (secondary N) is 2. The first-order valence-electron chi connectivity index (χ1n) is 8.73. The molecule has 0 saturated heterocycles. The maximum atomic E-state index is 11.3. The first kappa shape index (κ1) is 23.7. The van der Waals surface area contributed by atoms with Gasteiger partial charge in [-0.1, -0.05) is 34.1 Å². The van der Waals surface area contributed by atoms with Gasteiger partial charge in [0.1, 0.15) is 9.84 Å². The summed E-state index contributed by atoms with van der Waals surface area (Å²) in [5, 5.41) is 6.57. The molecule has 1 unspecified atom stereocenters. The van der Waals surface area contributed by atoms with Crippen LogP contribution < -0.4 is 10.6 Å². The van der Waals surface area contributed by atoms with Crippen LogP contribution in [0.1, 0.15) is 38.7 Å². The van der Waals surface area contributed by atoms with Crippen LogP contribution in [0.4, 0.5) is 0 Å². The maximum Gasteiger partial charge on any atom is 0.191 e. The molecule has 8 heteroatoms. The van der Waals surface area contributed by atoms with Gasteiger partial charge in [-0.05, 0) is 44.7 Å². The standard InChI is InChI=1S/C18H28BrN3O2S.HI/c1-4-20-17(22-14(2)9-12-25(3,23)24)21-13-18(10-11-18)15-7-5-6-8-16(15)19;/h5-8,14H,4,9-13H2,1-3H3,(H2,20,21,22);1H. The third-order valence-electron chi connectivity index (χ3n) is 4.49. The van der Waals surface area contributed by atoms with Crippen molar-refractivity contribution in [3.63, 3.8) is 0 Å². The first-order valence-corrected chi connectivity index (χ1v) is 11.6. The fourth-order valence-electron chi connectivity index (χ4n) is 2.80. The van der Waals surface area contributed by atoms with Gasteiger partial charge in [-0.25, -0.2) is 8.42 Å². The molecule has 0 heterocycles. The van der Waals surface area contributed by atoms with E-state index in [1.807, 2.05) is 19.9 Å². The van der Waals surface area contributed by atoms with E-state index < -0.39 is 9.84 Å². The average molecular weight is 558 g/mol. The van der Waals surface area contributed by atoms with Gasteiger partial charge in [-0.15, -0.1) is 24.0 Å². The molecule has 0 radical (unpaired) electrons. The molecule has 1 saturated carbocycles. The number of halogens is 2. The van der Waals surface area contributed by atoms with E-state index in [2.05, 4.69) is 44.8 Å². The van der Waals surface area contributed by atoms with Crippen molar-refractivity contribution in [1.82, 2.24) is 10.6 Å². The number of benzene rings is 1. The molecule has 1 aliphatic carbocycles. The smallest absolute Gasteiger partial charge is 0.191 e. The Bertz CT molecular complexity index is 721. The lowest BCUT2D eigenvalue weighted by atomic mass is 9.96. The van der Waals surface area contributed by atoms with Crippen molar-refractivity contribution in [2.45, 2.75) is 44.6 Å². The quantitative estimate of drug-likeness (QED) is 0.292. The van der Waals surface area contributed by atoms with E-state index in [1.54, 1.807) is 0 Å². The van der Waals surface area contributed by atoms with Gasteiger partial charge in [-0.2, -0.15) is 0 Å². The number of sulfone groups is 1. The Morgan fingerprint density at radius 3 is 2.54 bits per heavy atom. The minimum atomic E-state index is -2.94. The molecule has 1 aliphatic rings. The molecule has 26 heavy (non-hydrogen) atoms. The zero-order valence-corrected chi connectivity index (χ0v) is 20.3. The van der Waals surface area contributed by atoms with Gasteiger partial charge in [-0.3, -0.25) is 4.99 Å². The zero-order valence-electron chi connectivity index (χ0n) is 15.6. The summed E-state index contributed by atoms with van der Waals surface area (Å²) in [7, 11) is -2.94. The third-order valence-corrected chi connectivity index (χ3v) is 6.16. The van der Waals surface area contributed by atoms with Crippen LogP contribution >= 0.6 is 39.9 Å². The van der Waals surface area contributed by atoms with E-state index in [9.17, 15) is 8.42 Å². The van der Waals surface area contributed by atoms with Crippen molar-refractivity contribution < 1.29 is 8.42 Å². The van der Waals surface area contributed by atoms with Gasteiger partial charge < -0.3 is 10.6 Å². The second-order valence-electron chi connectivity index (χ2n) is 6.92. The highest BCUT2D eigenvalue weighted by Gasteiger charge is 2.45. The maximum absolute atomic E-state index is 11.3. The van der Waals surface area contributed by atoms with Crippen LogP contribution in [0.15, 0.2) is 33.7 Å². The molecule has 1 aromatic carbocycles. The van der Waals surface area contributed by atoms with E-state index in [0.29, 0.717) is 6.42 Å². The largest absolute Gasteiger partial charge is 0.357 e. The molecule has 2 N–H and O–H groups in total. The molecular formula is C18H29BrIN3O2S. The molecule has 1 atom stereocenters. The van der Waals surface area contributed by atoms with E-state index >= 15 is 0 Å². The third kappa shape index (κ3) is 7.34. The molecule has 2 rings (SSSR count). The van der Waals surface area contributed by atoms with E-state index in [1.165, 1.54) is 11.8 Å². The predicted octanol–water partition coefficient (Wildman–Crippen LogP) is 3.48. The Kier molecular flexibility index (Phi) is 9.35. The summed E-state index contributed by atoms with van der Waals surface area (Å²) in [6, 6.07) is 8.39. The number of aliphatic imine (C=N–C) groups is 1. The molecular weight excluding hydrogens is 529 g/mol. The highest BCUT2D eigenvalue weighted by atomic mass is 127. The Labute approximate surface area is 182 Å². The normalized spacial score (nSPS) is 17.2. The molecule has 0 aromatic heterocycles. The van der Waals surface area contributed by atoms with Gasteiger partial charge in [0.15, 0.2) is 5.96 Å². The van der Waals surface area contributed by atoms with Crippen LogP contribution in [0.5, 0.6) is 0 Å². The topological polar surface area (TPSA) is 70.6 Å². The lowest BCUT2D eigenvalue weighted by molar-refractivity contribution is 0.580. The highest BCUT2D eigenvalue weighted by Crippen LogP contribution is 2.50. The summed E-state index contributed by atoms with van der Waals surface area (Å²) >= 11 is 3.65. The number of hydrogen-bond donors (Lipinski definition) is 2. The molecule has 1 aromatic rings. The summed E-state index contributed by atoms with van der Waals surface area (Å²) in [5.41, 5.74) is 1.44. The van der Waals surface area contributed by atoms with Crippen molar-refractivity contribution >= 4 is 55.7 Å². The Morgan fingerprint density at radius 2 is 2.00 bits per heavy atom. The van der Waals surface area contributed by atoms with Crippen LogP contribution in [0.2, 0.25) is 0 Å². The van der Waals surface area contributed by atoms with Gasteiger partial charge in [0.25, 0.3) is 0 Å². The van der Waals surface area contributed by atoms with Crippen LogP contribution in [0, 0.1) is 0 Å². The molecule has 1 fully saturated rings. The van der Waals surface area contributed by atoms with E-state index in [4.69, 9.17) is 4.99 Å². The summed E-state index contributed by atoms with van der Waals surface area (Å²) in [4.78, 5) is 4.77. The summed E-state index contributed by atoms with van der Waals surface area (Å²) in [6.45, 7) is 5.51. The summed E-state index contributed by atoms with van der Waals surface area (Å²) < 4.78 is 23.8. The van der Waals surface area contributed by atoms with E-state index in [-0.39, 0.29) is 41.2 Å². The number of nitrogens with zero attached hydrogens (tertiary/aromatic N) is 1. The lowest BCUT2D eigenvalue weighted by Crippen LogP contribution is -2.43. The summed E-state index contributed by atoms with van der Waals surface area (Å²) in [6.07, 6.45) is 4.12. The van der Waals surface area contributed by atoms with Crippen LogP contribution in [0.3, 0.4) is 0 Å². The Morgan fingerprint density at radius 1 is 1.35 bits per heavy atom. The fraction of sp³-hybridized carbons (Fsp3) is 0.611. The molecule has 5 nitrogen and oxygen atoms in total. The number of rotatable bonds is 8. The minimum absolute atomic E-state index is 0. The second kappa shape index (κ2) is 10.3. The van der Waals surface area contributed by atoms with Crippen LogP contribution in [-0.2, 0) is 15.3 Å². The first-order chi connectivity index (χ1) is 11.8. The predicted molar refractivity (Wildman–Crippen MR) is 123 cm³/mol. The van der Waals surface area contributed by atoms with Crippen molar-refractivity contribution in [1.29, 1.82) is 0 Å². The average Bonchev–Trinajstić information content (AvgIpc) is 3.32. The monoisotopic (exact) mass is 557 g/mol. The van der Waals surface area contributed by atoms with Crippen molar-refractivity contribution in [2.24, 2.45) is 4.99 Å². The van der Waals surface area contributed by atoms with Crippen LogP contribution in [0.25, 0.3) is 0 Å². The lowest BCUT2D eigenvalue weighted by Gasteiger charge is -2.20. The Hall–Kier alpha value is -0.350. The SMILES string of the molecule is CCNC(=NCC1(c2ccccc2Br)CC1)NC(C)CCS(C)(=O)=O.I. The second-order valence-corrected chi connectivity index (χ2v) is 10.0. The summed E-state index contributed by atoms with van der Waals surface area (Å²) in [5.74, 6) is 0.934. The van der Waals surface area contributed by atoms with Gasteiger partial charge >= 0.3 is 0 Å². The molecule has 0 aliphatic heterocycles. The molecule has 0 spiro atoms. The van der Waals surface area contributed by atoms with Crippen molar-refractivity contribution in [3.8, 4) is 0 Å². The minimum Gasteiger partial charge on any atom is -0.357 e. The number of guanidine groups is 1. The highest BCUT2D eigenvalue weighted by molar-refractivity contribution is 14.0. The molecule has 0 bridgehead atoms. The van der Waals surface area contributed by atoms with Crippen molar-refractivity contribution in [2.75, 3.05) is 25.1 Å². The van der Waals surface area contributed by atoms with Crippen LogP contribution in [-0.4, -0.2) is 45.5 Å². The van der Waals surface area contributed by atoms with Gasteiger partial charge in [0.05, 0.1) is 12.3 Å². The van der Waals surface area contributed by atoms with Gasteiger partial charge in [0, 0.05) is 28.7 Å². The van der Waals surface area contributed by atoms with E-state index in [0.717, 1.165) is 36.4 Å². The van der Waals surface area contributed by atoms with Gasteiger partial charge in [0.2, 0.25) is 0 Å². The van der Waals surface area contributed by atoms with Crippen molar-refractivity contribution in [3.05, 3.63) is 34.3 Å². The molecule has 0 amide bonds. The number of hydrogen-bond acceptors (Lipinski definition) is 3.